The minimum Gasteiger partial charge on any atom is -0.387 e. The SMILES string of the molecule is C=C(C)CCC(O)c1ccc2ccccc2n1. The minimum absolute atomic E-state index is 0.503. The second-order valence-electron chi connectivity index (χ2n) is 4.44. The smallest absolute Gasteiger partial charge is 0.0963 e. The maximum atomic E-state index is 10.0. The number of allylic oxidation sites excluding steroid dienone is 1. The van der Waals surface area contributed by atoms with E-state index < -0.39 is 6.10 Å². The molecule has 0 aliphatic carbocycles. The number of para-hydroxylation sites is 1. The number of rotatable bonds is 4. The summed E-state index contributed by atoms with van der Waals surface area (Å²) in [6.45, 7) is 5.81. The fraction of sp³-hybridized carbons (Fsp3) is 0.267. The van der Waals surface area contributed by atoms with Crippen molar-refractivity contribution < 1.29 is 5.11 Å². The fourth-order valence-corrected chi connectivity index (χ4v) is 1.80. The second kappa shape index (κ2) is 5.11. The zero-order valence-corrected chi connectivity index (χ0v) is 10.1. The van der Waals surface area contributed by atoms with Crippen LogP contribution in [0.1, 0.15) is 31.6 Å². The number of pyridine rings is 1. The molecule has 1 atom stereocenters. The average Bonchev–Trinajstić information content (AvgIpc) is 2.35. The van der Waals surface area contributed by atoms with Crippen molar-refractivity contribution in [1.82, 2.24) is 4.98 Å². The van der Waals surface area contributed by atoms with E-state index in [0.717, 1.165) is 28.6 Å². The Balaban J connectivity index is 2.20. The summed E-state index contributed by atoms with van der Waals surface area (Å²) in [6, 6.07) is 11.8. The van der Waals surface area contributed by atoms with Crippen LogP contribution in [0.2, 0.25) is 0 Å². The molecule has 1 unspecified atom stereocenters. The Kier molecular flexibility index (Phi) is 3.55. The Labute approximate surface area is 102 Å². The van der Waals surface area contributed by atoms with Crippen LogP contribution in [0, 0.1) is 0 Å². The Hall–Kier alpha value is -1.67. The predicted octanol–water partition coefficient (Wildman–Crippen LogP) is 3.62. The van der Waals surface area contributed by atoms with Gasteiger partial charge in [0.25, 0.3) is 0 Å². The summed E-state index contributed by atoms with van der Waals surface area (Å²) in [4.78, 5) is 4.47. The zero-order chi connectivity index (χ0) is 12.3. The van der Waals surface area contributed by atoms with E-state index in [1.54, 1.807) is 0 Å². The van der Waals surface area contributed by atoms with Crippen LogP contribution in [0.5, 0.6) is 0 Å². The molecule has 1 aromatic carbocycles. The van der Waals surface area contributed by atoms with E-state index in [1.807, 2.05) is 43.3 Å². The van der Waals surface area contributed by atoms with Crippen LogP contribution in [0.25, 0.3) is 10.9 Å². The lowest BCUT2D eigenvalue weighted by molar-refractivity contribution is 0.163. The van der Waals surface area contributed by atoms with Crippen molar-refractivity contribution in [2.24, 2.45) is 0 Å². The van der Waals surface area contributed by atoms with E-state index in [4.69, 9.17) is 0 Å². The van der Waals surface area contributed by atoms with Gasteiger partial charge >= 0.3 is 0 Å². The van der Waals surface area contributed by atoms with Crippen molar-refractivity contribution in [1.29, 1.82) is 0 Å². The van der Waals surface area contributed by atoms with Crippen molar-refractivity contribution in [3.8, 4) is 0 Å². The molecule has 1 N–H and O–H groups in total. The van der Waals surface area contributed by atoms with Gasteiger partial charge in [-0.25, -0.2) is 0 Å². The third-order valence-electron chi connectivity index (χ3n) is 2.81. The van der Waals surface area contributed by atoms with Crippen molar-refractivity contribution in [2.45, 2.75) is 25.9 Å². The van der Waals surface area contributed by atoms with E-state index in [2.05, 4.69) is 11.6 Å². The van der Waals surface area contributed by atoms with E-state index in [1.165, 1.54) is 0 Å². The molecule has 0 saturated heterocycles. The van der Waals surface area contributed by atoms with Crippen molar-refractivity contribution in [3.63, 3.8) is 0 Å². The summed E-state index contributed by atoms with van der Waals surface area (Å²) in [5, 5.41) is 11.1. The molecule has 0 aliphatic rings. The Morgan fingerprint density at radius 2 is 2.06 bits per heavy atom. The van der Waals surface area contributed by atoms with Crippen LogP contribution in [-0.2, 0) is 0 Å². The molecule has 2 aromatic rings. The highest BCUT2D eigenvalue weighted by molar-refractivity contribution is 5.78. The minimum atomic E-state index is -0.503. The molecular weight excluding hydrogens is 210 g/mol. The molecule has 0 aliphatic heterocycles. The van der Waals surface area contributed by atoms with E-state index in [0.29, 0.717) is 6.42 Å². The van der Waals surface area contributed by atoms with Gasteiger partial charge < -0.3 is 5.11 Å². The number of fused-ring (bicyclic) bond motifs is 1. The molecule has 0 saturated carbocycles. The first-order chi connectivity index (χ1) is 8.16. The van der Waals surface area contributed by atoms with Crippen molar-refractivity contribution >= 4 is 10.9 Å². The maximum absolute atomic E-state index is 10.0. The van der Waals surface area contributed by atoms with Gasteiger partial charge in [-0.2, -0.15) is 0 Å². The van der Waals surface area contributed by atoms with Crippen molar-refractivity contribution in [3.05, 3.63) is 54.2 Å². The number of nitrogens with zero attached hydrogens (tertiary/aromatic N) is 1. The van der Waals surface area contributed by atoms with Gasteiger partial charge in [0.2, 0.25) is 0 Å². The number of hydrogen-bond acceptors (Lipinski definition) is 2. The molecule has 0 radical (unpaired) electrons. The molecule has 1 aromatic heterocycles. The zero-order valence-electron chi connectivity index (χ0n) is 10.1. The van der Waals surface area contributed by atoms with Crippen LogP contribution < -0.4 is 0 Å². The lowest BCUT2D eigenvalue weighted by Gasteiger charge is -2.10. The van der Waals surface area contributed by atoms with Crippen LogP contribution in [0.3, 0.4) is 0 Å². The topological polar surface area (TPSA) is 33.1 Å². The number of aliphatic hydroxyl groups excluding tert-OH is 1. The van der Waals surface area contributed by atoms with Gasteiger partial charge in [-0.15, -0.1) is 6.58 Å². The summed E-state index contributed by atoms with van der Waals surface area (Å²) in [5.74, 6) is 0. The van der Waals surface area contributed by atoms with E-state index >= 15 is 0 Å². The molecule has 0 bridgehead atoms. The quantitative estimate of drug-likeness (QED) is 0.809. The highest BCUT2D eigenvalue weighted by Crippen LogP contribution is 2.21. The molecule has 17 heavy (non-hydrogen) atoms. The summed E-state index contributed by atoms with van der Waals surface area (Å²) < 4.78 is 0. The lowest BCUT2D eigenvalue weighted by atomic mass is 10.1. The van der Waals surface area contributed by atoms with Crippen molar-refractivity contribution in [2.75, 3.05) is 0 Å². The van der Waals surface area contributed by atoms with E-state index in [-0.39, 0.29) is 0 Å². The summed E-state index contributed by atoms with van der Waals surface area (Å²) in [6.07, 6.45) is 1.01. The van der Waals surface area contributed by atoms with Gasteiger partial charge in [-0.1, -0.05) is 29.8 Å². The monoisotopic (exact) mass is 227 g/mol. The van der Waals surface area contributed by atoms with Gasteiger partial charge in [-0.3, -0.25) is 4.98 Å². The van der Waals surface area contributed by atoms with Crippen LogP contribution >= 0.6 is 0 Å². The Morgan fingerprint density at radius 3 is 2.82 bits per heavy atom. The Morgan fingerprint density at radius 1 is 1.29 bits per heavy atom. The third kappa shape index (κ3) is 2.92. The molecule has 88 valence electrons. The first-order valence-corrected chi connectivity index (χ1v) is 5.85. The highest BCUT2D eigenvalue weighted by atomic mass is 16.3. The molecule has 2 rings (SSSR count). The fourth-order valence-electron chi connectivity index (χ4n) is 1.80. The molecular formula is C15H17NO. The van der Waals surface area contributed by atoms with Gasteiger partial charge in [0.15, 0.2) is 0 Å². The lowest BCUT2D eigenvalue weighted by Crippen LogP contribution is -2.00. The molecule has 1 heterocycles. The van der Waals surface area contributed by atoms with Gasteiger partial charge in [0.05, 0.1) is 17.3 Å². The molecule has 0 spiro atoms. The summed E-state index contributed by atoms with van der Waals surface area (Å²) in [7, 11) is 0. The Bertz CT molecular complexity index is 533. The molecule has 0 amide bonds. The van der Waals surface area contributed by atoms with Gasteiger partial charge in [0, 0.05) is 5.39 Å². The molecule has 2 heteroatoms. The second-order valence-corrected chi connectivity index (χ2v) is 4.44. The average molecular weight is 227 g/mol. The molecule has 0 fully saturated rings. The number of aliphatic hydroxyl groups is 1. The third-order valence-corrected chi connectivity index (χ3v) is 2.81. The summed E-state index contributed by atoms with van der Waals surface area (Å²) in [5.41, 5.74) is 2.76. The number of hydrogen-bond donors (Lipinski definition) is 1. The van der Waals surface area contributed by atoms with Crippen LogP contribution in [0.4, 0.5) is 0 Å². The first kappa shape index (κ1) is 11.8. The normalized spacial score (nSPS) is 12.6. The number of aromatic nitrogens is 1. The van der Waals surface area contributed by atoms with Crippen LogP contribution in [-0.4, -0.2) is 10.1 Å². The van der Waals surface area contributed by atoms with Gasteiger partial charge in [0.1, 0.15) is 0 Å². The number of benzene rings is 1. The van der Waals surface area contributed by atoms with E-state index in [9.17, 15) is 5.11 Å². The van der Waals surface area contributed by atoms with Crippen LogP contribution in [0.15, 0.2) is 48.6 Å². The maximum Gasteiger partial charge on any atom is 0.0963 e. The predicted molar refractivity (Wildman–Crippen MR) is 70.8 cm³/mol. The molecule has 2 nitrogen and oxygen atoms in total. The largest absolute Gasteiger partial charge is 0.387 e. The standard InChI is InChI=1S/C15H17NO/c1-11(2)7-10-15(17)14-9-8-12-5-3-4-6-13(12)16-14/h3-6,8-9,15,17H,1,7,10H2,2H3. The summed E-state index contributed by atoms with van der Waals surface area (Å²) >= 11 is 0. The van der Waals surface area contributed by atoms with Gasteiger partial charge in [-0.05, 0) is 31.9 Å². The first-order valence-electron chi connectivity index (χ1n) is 5.85. The highest BCUT2D eigenvalue weighted by Gasteiger charge is 2.09.